The number of nitrogens with one attached hydrogen (secondary N) is 1. The number of ether oxygens (including phenoxy) is 2. The molecule has 0 saturated heterocycles. The van der Waals surface area contributed by atoms with E-state index in [1.807, 2.05) is 0 Å². The summed E-state index contributed by atoms with van der Waals surface area (Å²) in [7, 11) is 1.37. The molecule has 0 radical (unpaired) electrons. The van der Waals surface area contributed by atoms with Gasteiger partial charge in [-0.1, -0.05) is 18.2 Å². The summed E-state index contributed by atoms with van der Waals surface area (Å²) in [5.41, 5.74) is -0.340. The maximum absolute atomic E-state index is 13.6. The first-order valence-corrected chi connectivity index (χ1v) is 7.48. The Morgan fingerprint density at radius 2 is 2.00 bits per heavy atom. The molecular weight excluding hydrogens is 331 g/mol. The van der Waals surface area contributed by atoms with E-state index in [2.05, 4.69) is 5.32 Å². The Labute approximate surface area is 143 Å². The fourth-order valence-corrected chi connectivity index (χ4v) is 2.22. The van der Waals surface area contributed by atoms with Gasteiger partial charge in [0.25, 0.3) is 11.6 Å². The molecule has 2 rings (SSSR count). The molecule has 0 aromatic heterocycles. The van der Waals surface area contributed by atoms with Crippen molar-refractivity contribution >= 4 is 11.6 Å². The molecule has 2 aromatic rings. The van der Waals surface area contributed by atoms with Crippen LogP contribution in [0.5, 0.6) is 11.5 Å². The van der Waals surface area contributed by atoms with Gasteiger partial charge in [0, 0.05) is 18.2 Å². The molecule has 2 aromatic carbocycles. The third-order valence-electron chi connectivity index (χ3n) is 3.42. The number of nitro benzene ring substituents is 1. The van der Waals surface area contributed by atoms with Gasteiger partial charge in [-0.2, -0.15) is 0 Å². The number of hydrogen-bond donors (Lipinski definition) is 1. The highest BCUT2D eigenvalue weighted by atomic mass is 19.1. The summed E-state index contributed by atoms with van der Waals surface area (Å²) in [6, 6.07) is 8.32. The average Bonchev–Trinajstić information content (AvgIpc) is 2.60. The zero-order valence-electron chi connectivity index (χ0n) is 13.7. The fourth-order valence-electron chi connectivity index (χ4n) is 2.22. The van der Waals surface area contributed by atoms with E-state index >= 15 is 0 Å². The smallest absolute Gasteiger partial charge is 0.286 e. The molecule has 0 aliphatic carbocycles. The minimum absolute atomic E-state index is 0.0990. The molecule has 0 unspecified atom stereocenters. The van der Waals surface area contributed by atoms with E-state index in [9.17, 15) is 19.3 Å². The van der Waals surface area contributed by atoms with Crippen LogP contribution < -0.4 is 14.8 Å². The van der Waals surface area contributed by atoms with Crippen molar-refractivity contribution < 1.29 is 23.6 Å². The molecule has 0 spiro atoms. The molecular formula is C17H17FN2O5. The number of carbonyl (C=O) groups excluding carboxylic acids is 1. The molecule has 0 atom stereocenters. The zero-order valence-corrected chi connectivity index (χ0v) is 13.7. The maximum Gasteiger partial charge on any atom is 0.286 e. The first-order chi connectivity index (χ1) is 12.0. The zero-order chi connectivity index (χ0) is 18.4. The van der Waals surface area contributed by atoms with Crippen molar-refractivity contribution in [2.75, 3.05) is 13.7 Å². The number of nitrogens with zero attached hydrogens (tertiary/aromatic N) is 1. The number of nitro groups is 1. The van der Waals surface area contributed by atoms with E-state index in [4.69, 9.17) is 9.47 Å². The third-order valence-corrected chi connectivity index (χ3v) is 3.42. The molecule has 0 aliphatic heterocycles. The summed E-state index contributed by atoms with van der Waals surface area (Å²) in [5.74, 6) is -0.816. The number of amides is 1. The Morgan fingerprint density at radius 1 is 1.28 bits per heavy atom. The summed E-state index contributed by atoms with van der Waals surface area (Å²) in [6.45, 7) is 1.91. The first-order valence-electron chi connectivity index (χ1n) is 7.48. The molecule has 1 amide bonds. The van der Waals surface area contributed by atoms with Crippen molar-refractivity contribution in [3.63, 3.8) is 0 Å². The van der Waals surface area contributed by atoms with E-state index in [-0.39, 0.29) is 35.8 Å². The summed E-state index contributed by atoms with van der Waals surface area (Å²) in [4.78, 5) is 23.0. The summed E-state index contributed by atoms with van der Waals surface area (Å²) >= 11 is 0. The minimum Gasteiger partial charge on any atom is -0.493 e. The minimum atomic E-state index is -0.712. The van der Waals surface area contributed by atoms with Crippen molar-refractivity contribution in [1.29, 1.82) is 0 Å². The van der Waals surface area contributed by atoms with Gasteiger partial charge in [-0.15, -0.1) is 0 Å². The van der Waals surface area contributed by atoms with Crippen LogP contribution >= 0.6 is 0 Å². The average molecular weight is 348 g/mol. The van der Waals surface area contributed by atoms with E-state index in [0.29, 0.717) is 0 Å². The molecule has 7 nitrogen and oxygen atoms in total. The highest BCUT2D eigenvalue weighted by Gasteiger charge is 2.24. The van der Waals surface area contributed by atoms with Crippen LogP contribution in [0.2, 0.25) is 0 Å². The predicted octanol–water partition coefficient (Wildman–Crippen LogP) is 3.07. The van der Waals surface area contributed by atoms with E-state index in [0.717, 1.165) is 6.07 Å². The van der Waals surface area contributed by atoms with Crippen molar-refractivity contribution in [2.45, 2.75) is 13.5 Å². The molecule has 0 saturated carbocycles. The van der Waals surface area contributed by atoms with Crippen LogP contribution in [-0.4, -0.2) is 24.5 Å². The van der Waals surface area contributed by atoms with Crippen LogP contribution in [0, 0.1) is 15.9 Å². The summed E-state index contributed by atoms with van der Waals surface area (Å²) < 4.78 is 24.0. The largest absolute Gasteiger partial charge is 0.493 e. The van der Waals surface area contributed by atoms with Crippen LogP contribution in [0.4, 0.5) is 10.1 Å². The first kappa shape index (κ1) is 18.2. The molecule has 0 fully saturated rings. The Bertz CT molecular complexity index is 795. The third kappa shape index (κ3) is 4.23. The van der Waals surface area contributed by atoms with Crippen LogP contribution in [-0.2, 0) is 6.54 Å². The molecule has 0 aliphatic rings. The van der Waals surface area contributed by atoms with Gasteiger partial charge in [-0.25, -0.2) is 4.39 Å². The van der Waals surface area contributed by atoms with Crippen molar-refractivity contribution in [1.82, 2.24) is 5.32 Å². The number of hydrogen-bond acceptors (Lipinski definition) is 5. The number of carbonyl (C=O) groups is 1. The lowest BCUT2D eigenvalue weighted by Gasteiger charge is -2.12. The van der Waals surface area contributed by atoms with Crippen LogP contribution in [0.15, 0.2) is 36.4 Å². The number of benzene rings is 2. The highest BCUT2D eigenvalue weighted by molar-refractivity contribution is 5.99. The molecule has 0 bridgehead atoms. The molecule has 8 heteroatoms. The molecule has 25 heavy (non-hydrogen) atoms. The number of halogens is 1. The Balaban J connectivity index is 2.31. The van der Waals surface area contributed by atoms with Gasteiger partial charge in [-0.3, -0.25) is 14.9 Å². The normalized spacial score (nSPS) is 10.2. The van der Waals surface area contributed by atoms with Gasteiger partial charge < -0.3 is 14.8 Å². The Kier molecular flexibility index (Phi) is 5.89. The SMILES string of the molecule is CCOc1cc([N+](=O)[O-])c(C(=O)NCc2ccccc2F)cc1OC. The lowest BCUT2D eigenvalue weighted by Crippen LogP contribution is -2.24. The molecule has 132 valence electrons. The van der Waals surface area contributed by atoms with Gasteiger partial charge in [-0.05, 0) is 13.0 Å². The van der Waals surface area contributed by atoms with Crippen LogP contribution in [0.25, 0.3) is 0 Å². The van der Waals surface area contributed by atoms with Crippen LogP contribution in [0.3, 0.4) is 0 Å². The van der Waals surface area contributed by atoms with Gasteiger partial charge in [0.2, 0.25) is 0 Å². The fraction of sp³-hybridized carbons (Fsp3) is 0.235. The molecule has 0 heterocycles. The number of methoxy groups -OCH3 is 1. The van der Waals surface area contributed by atoms with Gasteiger partial charge in [0.05, 0.1) is 24.7 Å². The Hall–Kier alpha value is -3.16. The van der Waals surface area contributed by atoms with Crippen molar-refractivity contribution in [3.05, 3.63) is 63.5 Å². The quantitative estimate of drug-likeness (QED) is 0.613. The lowest BCUT2D eigenvalue weighted by molar-refractivity contribution is -0.385. The Morgan fingerprint density at radius 3 is 2.60 bits per heavy atom. The van der Waals surface area contributed by atoms with Crippen LogP contribution in [0.1, 0.15) is 22.8 Å². The van der Waals surface area contributed by atoms with Crippen molar-refractivity contribution in [3.8, 4) is 11.5 Å². The van der Waals surface area contributed by atoms with Crippen molar-refractivity contribution in [2.24, 2.45) is 0 Å². The topological polar surface area (TPSA) is 90.7 Å². The number of rotatable bonds is 7. The lowest BCUT2D eigenvalue weighted by atomic mass is 10.1. The highest BCUT2D eigenvalue weighted by Crippen LogP contribution is 2.34. The second-order valence-corrected chi connectivity index (χ2v) is 4.98. The van der Waals surface area contributed by atoms with E-state index in [1.54, 1.807) is 13.0 Å². The monoisotopic (exact) mass is 348 g/mol. The van der Waals surface area contributed by atoms with Gasteiger partial charge in [0.1, 0.15) is 11.4 Å². The van der Waals surface area contributed by atoms with Gasteiger partial charge >= 0.3 is 0 Å². The van der Waals surface area contributed by atoms with Gasteiger partial charge in [0.15, 0.2) is 11.5 Å². The summed E-state index contributed by atoms with van der Waals surface area (Å²) in [6.07, 6.45) is 0. The standard InChI is InChI=1S/C17H17FN2O5/c1-3-25-16-9-14(20(22)23)12(8-15(16)24-2)17(21)19-10-11-6-4-5-7-13(11)18/h4-9H,3,10H2,1-2H3,(H,19,21). The predicted molar refractivity (Wildman–Crippen MR) is 88.4 cm³/mol. The second-order valence-electron chi connectivity index (χ2n) is 4.98. The van der Waals surface area contributed by atoms with E-state index in [1.165, 1.54) is 31.4 Å². The van der Waals surface area contributed by atoms with E-state index < -0.39 is 22.3 Å². The molecule has 1 N–H and O–H groups in total. The second kappa shape index (κ2) is 8.09. The summed E-state index contributed by atoms with van der Waals surface area (Å²) in [5, 5.41) is 13.8. The maximum atomic E-state index is 13.6.